The van der Waals surface area contributed by atoms with Gasteiger partial charge in [0.2, 0.25) is 0 Å². The van der Waals surface area contributed by atoms with Crippen molar-refractivity contribution in [1.82, 2.24) is 15.3 Å². The van der Waals surface area contributed by atoms with Gasteiger partial charge in [-0.2, -0.15) is 0 Å². The Morgan fingerprint density at radius 2 is 1.19 bits per heavy atom. The quantitative estimate of drug-likeness (QED) is 0.164. The molecular formula is C46H48N6O5. The summed E-state index contributed by atoms with van der Waals surface area (Å²) in [5.41, 5.74) is 14.6. The van der Waals surface area contributed by atoms with Gasteiger partial charge in [0.05, 0.1) is 19.5 Å². The third-order valence-electron chi connectivity index (χ3n) is 10.3. The van der Waals surface area contributed by atoms with Crippen LogP contribution < -0.4 is 11.1 Å². The van der Waals surface area contributed by atoms with E-state index in [1.807, 2.05) is 48.5 Å². The molecule has 2 aliphatic carbocycles. The molecule has 3 N–H and O–H groups in total. The van der Waals surface area contributed by atoms with Gasteiger partial charge in [-0.05, 0) is 52.6 Å². The highest BCUT2D eigenvalue weighted by Gasteiger charge is 2.22. The molecule has 4 aliphatic rings. The number of rotatable bonds is 11. The fourth-order valence-corrected chi connectivity index (χ4v) is 7.16. The fourth-order valence-electron chi connectivity index (χ4n) is 7.16. The predicted molar refractivity (Wildman–Crippen MR) is 219 cm³/mol. The van der Waals surface area contributed by atoms with Crippen LogP contribution in [-0.4, -0.2) is 50.6 Å². The Balaban J connectivity index is 0.000000168. The van der Waals surface area contributed by atoms with Crippen LogP contribution in [-0.2, 0) is 49.9 Å². The topological polar surface area (TPSA) is 174 Å². The maximum absolute atomic E-state index is 12.5. The molecule has 4 heterocycles. The van der Waals surface area contributed by atoms with E-state index in [1.165, 1.54) is 11.1 Å². The Morgan fingerprint density at radius 3 is 1.68 bits per heavy atom. The number of carbonyl (C=O) groups excluding carboxylic acids is 5. The molecule has 1 saturated carbocycles. The number of amidine groups is 2. The summed E-state index contributed by atoms with van der Waals surface area (Å²) >= 11 is 0. The van der Waals surface area contributed by atoms with Crippen LogP contribution in [0.15, 0.2) is 107 Å². The zero-order valence-electron chi connectivity index (χ0n) is 32.5. The van der Waals surface area contributed by atoms with Gasteiger partial charge >= 0.3 is 0 Å². The predicted octanol–water partition coefficient (Wildman–Crippen LogP) is 6.40. The molecule has 2 aromatic heterocycles. The van der Waals surface area contributed by atoms with Crippen molar-refractivity contribution in [2.45, 2.75) is 96.6 Å². The Labute approximate surface area is 333 Å². The highest BCUT2D eigenvalue weighted by Crippen LogP contribution is 2.24. The van der Waals surface area contributed by atoms with E-state index in [-0.39, 0.29) is 47.2 Å². The van der Waals surface area contributed by atoms with Gasteiger partial charge in [0.15, 0.2) is 5.78 Å². The number of nitrogens with zero attached hydrogens (tertiary/aromatic N) is 4. The average Bonchev–Trinajstić information content (AvgIpc) is 4.00. The van der Waals surface area contributed by atoms with E-state index in [0.29, 0.717) is 63.9 Å². The molecule has 0 amide bonds. The maximum Gasteiger partial charge on any atom is 0.157 e. The molecule has 0 saturated heterocycles. The number of nitrogens with two attached hydrogens (primary N) is 1. The lowest BCUT2D eigenvalue weighted by atomic mass is 9.94. The third-order valence-corrected chi connectivity index (χ3v) is 10.3. The van der Waals surface area contributed by atoms with Crippen LogP contribution in [0, 0.1) is 0 Å². The smallest absolute Gasteiger partial charge is 0.157 e. The van der Waals surface area contributed by atoms with E-state index in [2.05, 4.69) is 63.4 Å². The molecule has 2 aliphatic heterocycles. The van der Waals surface area contributed by atoms with Crippen LogP contribution >= 0.6 is 0 Å². The molecule has 4 aromatic rings. The summed E-state index contributed by atoms with van der Waals surface area (Å²) in [5, 5.41) is 3.25. The minimum Gasteiger partial charge on any atom is -0.383 e. The molecule has 11 heteroatoms. The highest BCUT2D eigenvalue weighted by atomic mass is 16.2. The lowest BCUT2D eigenvalue weighted by Crippen LogP contribution is -2.22. The Bertz CT molecular complexity index is 2230. The summed E-state index contributed by atoms with van der Waals surface area (Å²) in [6, 6.07) is 24.2. The average molecular weight is 765 g/mol. The first-order valence-corrected chi connectivity index (χ1v) is 19.5. The largest absolute Gasteiger partial charge is 0.383 e. The highest BCUT2D eigenvalue weighted by molar-refractivity contribution is 6.05. The molecule has 11 nitrogen and oxygen atoms in total. The van der Waals surface area contributed by atoms with Gasteiger partial charge in [0, 0.05) is 91.6 Å². The van der Waals surface area contributed by atoms with E-state index in [0.717, 1.165) is 51.6 Å². The maximum atomic E-state index is 12.5. The monoisotopic (exact) mass is 764 g/mol. The summed E-state index contributed by atoms with van der Waals surface area (Å²) in [4.78, 5) is 74.2. The molecule has 292 valence electrons. The number of fused-ring (bicyclic) bond motifs is 2. The minimum absolute atomic E-state index is 0.102. The number of aromatic nitrogens is 2. The van der Waals surface area contributed by atoms with Crippen molar-refractivity contribution in [1.29, 1.82) is 0 Å². The van der Waals surface area contributed by atoms with E-state index in [4.69, 9.17) is 5.73 Å². The number of aliphatic imine (C=N–C) groups is 2. The Hall–Kier alpha value is -6.23. The molecule has 8 rings (SSSR count). The molecule has 1 fully saturated rings. The van der Waals surface area contributed by atoms with Gasteiger partial charge in [-0.1, -0.05) is 74.5 Å². The molecule has 2 aromatic carbocycles. The number of benzene rings is 2. The number of hydrogen-bond donors (Lipinski definition) is 2. The van der Waals surface area contributed by atoms with Crippen molar-refractivity contribution < 1.29 is 24.0 Å². The zero-order chi connectivity index (χ0) is 40.3. The summed E-state index contributed by atoms with van der Waals surface area (Å²) < 4.78 is 0. The third kappa shape index (κ3) is 11.4. The lowest BCUT2D eigenvalue weighted by molar-refractivity contribution is -0.122. The van der Waals surface area contributed by atoms with Crippen LogP contribution in [0.4, 0.5) is 0 Å². The van der Waals surface area contributed by atoms with Gasteiger partial charge in [-0.25, -0.2) is 0 Å². The molecule has 0 radical (unpaired) electrons. The van der Waals surface area contributed by atoms with Gasteiger partial charge in [0.1, 0.15) is 34.8 Å². The zero-order valence-corrected chi connectivity index (χ0v) is 32.5. The van der Waals surface area contributed by atoms with Crippen LogP contribution in [0.1, 0.15) is 115 Å². The van der Waals surface area contributed by atoms with Crippen molar-refractivity contribution in [3.05, 3.63) is 142 Å². The van der Waals surface area contributed by atoms with Crippen LogP contribution in [0.2, 0.25) is 0 Å². The molecule has 0 unspecified atom stereocenters. The molecule has 57 heavy (non-hydrogen) atoms. The summed E-state index contributed by atoms with van der Waals surface area (Å²) in [6.07, 6.45) is 9.36. The summed E-state index contributed by atoms with van der Waals surface area (Å²) in [5.74, 6) is 2.48. The Kier molecular flexibility index (Phi) is 13.5. The number of allylic oxidation sites excluding steroid dienone is 2. The van der Waals surface area contributed by atoms with Crippen LogP contribution in [0.3, 0.4) is 0 Å². The summed E-state index contributed by atoms with van der Waals surface area (Å²) in [7, 11) is 0. The number of ketones is 5. The standard InChI is InChI=1S/C23H23N3O2.C18H19N3O.C5H6O2/c1-15(16-5-3-2-4-6-16)9-21(28)12-19-10-17-13-25-23(22(17)14-24-19)26-18-7-8-20(27)11-18;1-12(13-5-3-2-4-6-13)7-16(22)9-15-8-14-10-21-18(19)17(14)11-20-15;6-4-1-2-5(7)3-4/h2-6,10-11,14-15H,7-9,12-13H2,1H3,(H,25,26);2-6,8,11-12H,7,9-10H2,1H3,(H2,19,21);1-3H2/t15-;12-;/m00./s1. The molecule has 0 spiro atoms. The number of Topliss-reactive ketones (excluding diaryl/α,β-unsaturated/α-hetero) is 4. The van der Waals surface area contributed by atoms with Crippen LogP contribution in [0.25, 0.3) is 0 Å². The number of hydrogen-bond acceptors (Lipinski definition) is 11. The first kappa shape index (κ1) is 40.4. The van der Waals surface area contributed by atoms with Crippen molar-refractivity contribution >= 4 is 40.6 Å². The van der Waals surface area contributed by atoms with Crippen molar-refractivity contribution in [2.75, 3.05) is 0 Å². The number of pyridine rings is 2. The van der Waals surface area contributed by atoms with E-state index >= 15 is 0 Å². The van der Waals surface area contributed by atoms with Gasteiger partial charge in [-0.3, -0.25) is 43.9 Å². The minimum atomic E-state index is 0.102. The number of nitrogens with one attached hydrogen (secondary N) is 1. The fraction of sp³-hybridized carbons (Fsp3) is 0.326. The lowest BCUT2D eigenvalue weighted by Gasteiger charge is -2.11. The van der Waals surface area contributed by atoms with E-state index in [1.54, 1.807) is 18.5 Å². The van der Waals surface area contributed by atoms with Crippen molar-refractivity contribution in [2.24, 2.45) is 15.7 Å². The van der Waals surface area contributed by atoms with E-state index in [9.17, 15) is 24.0 Å². The van der Waals surface area contributed by atoms with E-state index < -0.39 is 0 Å². The first-order valence-electron chi connectivity index (χ1n) is 19.5. The normalized spacial score (nSPS) is 16.2. The van der Waals surface area contributed by atoms with Gasteiger partial charge < -0.3 is 11.1 Å². The van der Waals surface area contributed by atoms with Crippen molar-refractivity contribution in [3.8, 4) is 0 Å². The molecular weight excluding hydrogens is 717 g/mol. The molecule has 0 bridgehead atoms. The Morgan fingerprint density at radius 1 is 0.684 bits per heavy atom. The molecule has 2 atom stereocenters. The SMILES string of the molecule is C[C@@H](CC(=O)Cc1cc2c(cn1)C(N)=NC2)c1ccccc1.C[C@@H](CC(=O)Cc1cc2c(cn1)C(NC1=CC(=O)CC1)=NC2)c1ccccc1.O=C1CCC(=O)C1. The van der Waals surface area contributed by atoms with Gasteiger partial charge in [-0.15, -0.1) is 0 Å². The van der Waals surface area contributed by atoms with Crippen LogP contribution in [0.5, 0.6) is 0 Å². The second-order valence-corrected chi connectivity index (χ2v) is 15.0. The number of carbonyl (C=O) groups is 5. The first-order chi connectivity index (χ1) is 27.5. The second-order valence-electron chi connectivity index (χ2n) is 15.0. The summed E-state index contributed by atoms with van der Waals surface area (Å²) in [6.45, 7) is 5.32. The van der Waals surface area contributed by atoms with Crippen molar-refractivity contribution in [3.63, 3.8) is 0 Å². The van der Waals surface area contributed by atoms with Gasteiger partial charge in [0.25, 0.3) is 0 Å². The second kappa shape index (κ2) is 19.1.